The molecule has 1 aromatic carbocycles. The summed E-state index contributed by atoms with van der Waals surface area (Å²) in [6.45, 7) is 0.669. The summed E-state index contributed by atoms with van der Waals surface area (Å²) in [7, 11) is 0. The number of aliphatic imine (C=N–C) groups is 2. The van der Waals surface area contributed by atoms with Crippen molar-refractivity contribution in [1.29, 1.82) is 0 Å². The molecule has 0 unspecified atom stereocenters. The van der Waals surface area contributed by atoms with Gasteiger partial charge >= 0.3 is 0 Å². The lowest BCUT2D eigenvalue weighted by Crippen LogP contribution is -2.58. The van der Waals surface area contributed by atoms with Crippen LogP contribution in [-0.2, 0) is 6.54 Å². The highest BCUT2D eigenvalue weighted by Gasteiger charge is 2.43. The topological polar surface area (TPSA) is 97.8 Å². The number of para-hydroxylation sites is 1. The number of anilines is 1. The first-order chi connectivity index (χ1) is 12.2. The Balaban J connectivity index is 1.78. The number of aromatic nitrogens is 2. The summed E-state index contributed by atoms with van der Waals surface area (Å²) in [5.41, 5.74) is 14.0. The van der Waals surface area contributed by atoms with Crippen molar-refractivity contribution in [3.8, 4) is 0 Å². The van der Waals surface area contributed by atoms with Crippen LogP contribution in [0.4, 0.5) is 5.69 Å². The maximum absolute atomic E-state index is 6.34. The van der Waals surface area contributed by atoms with Gasteiger partial charge in [-0.1, -0.05) is 24.6 Å². The van der Waals surface area contributed by atoms with Crippen LogP contribution >= 0.6 is 0 Å². The van der Waals surface area contributed by atoms with Gasteiger partial charge in [0.1, 0.15) is 5.66 Å². The molecular formula is C18H23N7. The molecule has 2 aromatic rings. The van der Waals surface area contributed by atoms with Crippen LogP contribution < -0.4 is 16.4 Å². The largest absolute Gasteiger partial charge is 0.369 e. The van der Waals surface area contributed by atoms with Gasteiger partial charge in [0, 0.05) is 12.4 Å². The van der Waals surface area contributed by atoms with Crippen molar-refractivity contribution in [1.82, 2.24) is 9.78 Å². The van der Waals surface area contributed by atoms with Gasteiger partial charge in [-0.2, -0.15) is 10.1 Å². The second-order valence-corrected chi connectivity index (χ2v) is 6.65. The quantitative estimate of drug-likeness (QED) is 0.895. The van der Waals surface area contributed by atoms with Crippen LogP contribution in [0.2, 0.25) is 0 Å². The Bertz CT molecular complexity index is 801. The molecule has 1 aromatic heterocycles. The summed E-state index contributed by atoms with van der Waals surface area (Å²) in [4.78, 5) is 11.1. The van der Waals surface area contributed by atoms with Crippen LogP contribution in [0.1, 0.15) is 37.7 Å². The molecular weight excluding hydrogens is 314 g/mol. The van der Waals surface area contributed by atoms with Crippen molar-refractivity contribution in [3.63, 3.8) is 0 Å². The zero-order valence-corrected chi connectivity index (χ0v) is 14.2. The average molecular weight is 337 g/mol. The van der Waals surface area contributed by atoms with E-state index in [1.165, 1.54) is 6.42 Å². The van der Waals surface area contributed by atoms with Crippen LogP contribution in [0.15, 0.2) is 52.7 Å². The van der Waals surface area contributed by atoms with E-state index in [9.17, 15) is 0 Å². The lowest BCUT2D eigenvalue weighted by Gasteiger charge is -2.46. The predicted molar refractivity (Wildman–Crippen MR) is 99.3 cm³/mol. The monoisotopic (exact) mass is 337 g/mol. The Kier molecular flexibility index (Phi) is 3.91. The van der Waals surface area contributed by atoms with Gasteiger partial charge in [0.2, 0.25) is 11.9 Å². The van der Waals surface area contributed by atoms with Crippen molar-refractivity contribution in [3.05, 3.63) is 48.3 Å². The smallest absolute Gasteiger partial charge is 0.220 e. The number of benzene rings is 1. The normalized spacial score (nSPS) is 19.6. The molecule has 25 heavy (non-hydrogen) atoms. The fourth-order valence-electron chi connectivity index (χ4n) is 3.90. The Morgan fingerprint density at radius 3 is 2.60 bits per heavy atom. The lowest BCUT2D eigenvalue weighted by atomic mass is 9.87. The third-order valence-corrected chi connectivity index (χ3v) is 4.98. The minimum atomic E-state index is -0.422. The van der Waals surface area contributed by atoms with E-state index in [2.05, 4.69) is 27.1 Å². The molecule has 4 N–H and O–H groups in total. The maximum Gasteiger partial charge on any atom is 0.220 e. The lowest BCUT2D eigenvalue weighted by molar-refractivity contribution is 0.305. The molecule has 0 saturated heterocycles. The molecule has 0 bridgehead atoms. The molecule has 130 valence electrons. The second-order valence-electron chi connectivity index (χ2n) is 6.65. The number of nitrogens with zero attached hydrogens (tertiary/aromatic N) is 5. The van der Waals surface area contributed by atoms with Gasteiger partial charge in [-0.25, -0.2) is 4.99 Å². The Morgan fingerprint density at radius 1 is 1.04 bits per heavy atom. The van der Waals surface area contributed by atoms with Gasteiger partial charge in [-0.15, -0.1) is 0 Å². The standard InChI is InChI=1S/C18H23N7/c19-16-22-17(20)25(18(23-16)9-4-1-5-10-18)15-8-3-2-7-14(15)13-24-12-6-11-21-24/h2-3,6-8,11-12H,1,4-5,9-10,13H2,(H4,19,20,22,23). The summed E-state index contributed by atoms with van der Waals surface area (Å²) in [5, 5.41) is 4.32. The van der Waals surface area contributed by atoms with Crippen molar-refractivity contribution in [2.24, 2.45) is 21.5 Å². The summed E-state index contributed by atoms with van der Waals surface area (Å²) < 4.78 is 1.90. The number of rotatable bonds is 3. The molecule has 4 rings (SSSR count). The van der Waals surface area contributed by atoms with Crippen molar-refractivity contribution in [2.45, 2.75) is 44.3 Å². The first-order valence-corrected chi connectivity index (χ1v) is 8.73. The number of hydrogen-bond acceptors (Lipinski definition) is 6. The molecule has 0 atom stereocenters. The fraction of sp³-hybridized carbons (Fsp3) is 0.389. The minimum absolute atomic E-state index is 0.278. The van der Waals surface area contributed by atoms with E-state index >= 15 is 0 Å². The Morgan fingerprint density at radius 2 is 1.84 bits per heavy atom. The van der Waals surface area contributed by atoms with Gasteiger partial charge in [0.15, 0.2) is 0 Å². The number of hydrogen-bond donors (Lipinski definition) is 2. The van der Waals surface area contributed by atoms with Crippen LogP contribution in [-0.4, -0.2) is 27.4 Å². The molecule has 1 fully saturated rings. The zero-order chi connectivity index (χ0) is 17.3. The van der Waals surface area contributed by atoms with Crippen LogP contribution in [0.3, 0.4) is 0 Å². The first-order valence-electron chi connectivity index (χ1n) is 8.73. The van der Waals surface area contributed by atoms with E-state index in [1.54, 1.807) is 6.20 Å². The summed E-state index contributed by atoms with van der Waals surface area (Å²) >= 11 is 0. The molecule has 1 saturated carbocycles. The highest BCUT2D eigenvalue weighted by Crippen LogP contribution is 2.40. The molecule has 2 heterocycles. The highest BCUT2D eigenvalue weighted by molar-refractivity contribution is 6.06. The Hall–Kier alpha value is -2.83. The van der Waals surface area contributed by atoms with Crippen molar-refractivity contribution in [2.75, 3.05) is 4.90 Å². The maximum atomic E-state index is 6.34. The number of guanidine groups is 2. The molecule has 0 radical (unpaired) electrons. The van der Waals surface area contributed by atoms with Gasteiger partial charge in [-0.3, -0.25) is 9.58 Å². The summed E-state index contributed by atoms with van der Waals surface area (Å²) in [5.74, 6) is 0.697. The van der Waals surface area contributed by atoms with E-state index in [0.717, 1.165) is 36.9 Å². The summed E-state index contributed by atoms with van der Waals surface area (Å²) in [6, 6.07) is 10.2. The fourth-order valence-corrected chi connectivity index (χ4v) is 3.90. The highest BCUT2D eigenvalue weighted by atomic mass is 15.4. The van der Waals surface area contributed by atoms with E-state index in [1.807, 2.05) is 29.1 Å². The molecule has 7 nitrogen and oxygen atoms in total. The SMILES string of the molecule is NC1=NC2(CCCCC2)N(c2ccccc2Cn2cccn2)C(N)=N1. The van der Waals surface area contributed by atoms with Gasteiger partial charge in [0.25, 0.3) is 0 Å². The molecule has 7 heteroatoms. The molecule has 1 spiro atoms. The van der Waals surface area contributed by atoms with Gasteiger partial charge < -0.3 is 11.5 Å². The van der Waals surface area contributed by atoms with Gasteiger partial charge in [-0.05, 0) is 43.4 Å². The third-order valence-electron chi connectivity index (χ3n) is 4.98. The van der Waals surface area contributed by atoms with E-state index < -0.39 is 5.66 Å². The zero-order valence-electron chi connectivity index (χ0n) is 14.2. The second kappa shape index (κ2) is 6.23. The predicted octanol–water partition coefficient (Wildman–Crippen LogP) is 2.04. The molecule has 1 aliphatic carbocycles. The van der Waals surface area contributed by atoms with Crippen LogP contribution in [0.25, 0.3) is 0 Å². The van der Waals surface area contributed by atoms with Crippen molar-refractivity contribution >= 4 is 17.6 Å². The van der Waals surface area contributed by atoms with E-state index in [0.29, 0.717) is 12.5 Å². The van der Waals surface area contributed by atoms with E-state index in [4.69, 9.17) is 16.5 Å². The third kappa shape index (κ3) is 2.86. The number of nitrogens with two attached hydrogens (primary N) is 2. The minimum Gasteiger partial charge on any atom is -0.369 e. The van der Waals surface area contributed by atoms with E-state index in [-0.39, 0.29) is 5.96 Å². The molecule has 2 aliphatic rings. The van der Waals surface area contributed by atoms with Gasteiger partial charge in [0.05, 0.1) is 12.2 Å². The first kappa shape index (κ1) is 15.7. The van der Waals surface area contributed by atoms with Crippen molar-refractivity contribution < 1.29 is 0 Å². The van der Waals surface area contributed by atoms with Crippen LogP contribution in [0.5, 0.6) is 0 Å². The molecule has 1 aliphatic heterocycles. The summed E-state index contributed by atoms with van der Waals surface area (Å²) in [6.07, 6.45) is 9.05. The average Bonchev–Trinajstić information content (AvgIpc) is 3.09. The Labute approximate surface area is 147 Å². The molecule has 0 amide bonds. The van der Waals surface area contributed by atoms with Crippen LogP contribution in [0, 0.1) is 0 Å².